The summed E-state index contributed by atoms with van der Waals surface area (Å²) in [7, 11) is 1.92. The van der Waals surface area contributed by atoms with E-state index in [0.29, 0.717) is 32.0 Å². The third-order valence-electron chi connectivity index (χ3n) is 8.76. The quantitative estimate of drug-likeness (QED) is 0.299. The van der Waals surface area contributed by atoms with Crippen molar-refractivity contribution in [3.05, 3.63) is 76.6 Å². The minimum absolute atomic E-state index is 0.0892. The number of piperazine rings is 1. The Kier molecular flexibility index (Phi) is 9.04. The van der Waals surface area contributed by atoms with Crippen LogP contribution in [0.2, 0.25) is 0 Å². The van der Waals surface area contributed by atoms with Crippen LogP contribution < -0.4 is 15.2 Å². The highest BCUT2D eigenvalue weighted by Crippen LogP contribution is 2.35. The maximum absolute atomic E-state index is 15.1. The molecule has 0 bridgehead atoms. The first-order valence-corrected chi connectivity index (χ1v) is 16.0. The standard InChI is InChI=1S/C35H43FN6O4/c1-35(2,3)46-34(44)42-15-14-25(29(36)22-42)21-40-16-18-41(19-17-40)26-10-11-27-30(20-26)39(4)38-32(27)28-12-13-31(43)37-33(28)45-23-24-8-6-5-7-9-24/h5-13,20,25,29H,14-19,21-23H2,1-4H3,(H,37,43). The molecule has 2 unspecified atom stereocenters. The molecular weight excluding hydrogens is 587 g/mol. The van der Waals surface area contributed by atoms with Crippen molar-refractivity contribution >= 4 is 22.7 Å². The summed E-state index contributed by atoms with van der Waals surface area (Å²) in [6.45, 7) is 10.4. The normalized spacial score (nSPS) is 19.4. The number of rotatable bonds is 7. The Morgan fingerprint density at radius 2 is 1.78 bits per heavy atom. The Bertz CT molecular complexity index is 1720. The number of benzene rings is 2. The fourth-order valence-corrected chi connectivity index (χ4v) is 6.30. The summed E-state index contributed by atoms with van der Waals surface area (Å²) in [5, 5.41) is 5.80. The third-order valence-corrected chi connectivity index (χ3v) is 8.76. The van der Waals surface area contributed by atoms with Crippen LogP contribution in [0, 0.1) is 5.92 Å². The monoisotopic (exact) mass is 630 g/mol. The van der Waals surface area contributed by atoms with Crippen molar-refractivity contribution in [2.75, 3.05) is 50.7 Å². The van der Waals surface area contributed by atoms with Crippen molar-refractivity contribution in [3.63, 3.8) is 0 Å². The lowest BCUT2D eigenvalue weighted by Crippen LogP contribution is -2.52. The minimum Gasteiger partial charge on any atom is -0.474 e. The molecule has 2 aliphatic heterocycles. The van der Waals surface area contributed by atoms with E-state index in [4.69, 9.17) is 14.6 Å². The molecule has 4 aromatic rings. The highest BCUT2D eigenvalue weighted by Gasteiger charge is 2.35. The summed E-state index contributed by atoms with van der Waals surface area (Å²) in [4.78, 5) is 33.6. The van der Waals surface area contributed by atoms with E-state index in [0.717, 1.165) is 59.6 Å². The average molecular weight is 631 g/mol. The van der Waals surface area contributed by atoms with Gasteiger partial charge in [-0.1, -0.05) is 30.3 Å². The molecule has 2 saturated heterocycles. The maximum atomic E-state index is 15.1. The number of piperidine rings is 1. The Labute approximate surface area is 268 Å². The Morgan fingerprint density at radius 3 is 2.50 bits per heavy atom. The van der Waals surface area contributed by atoms with Gasteiger partial charge in [0.2, 0.25) is 5.88 Å². The van der Waals surface area contributed by atoms with Gasteiger partial charge in [0.15, 0.2) is 0 Å². The second kappa shape index (κ2) is 13.2. The number of halogens is 1. The average Bonchev–Trinajstić information content (AvgIpc) is 3.36. The molecule has 0 spiro atoms. The number of nitrogens with one attached hydrogen (secondary N) is 1. The number of anilines is 1. The van der Waals surface area contributed by atoms with Crippen LogP contribution >= 0.6 is 0 Å². The number of aryl methyl sites for hydroxylation is 1. The highest BCUT2D eigenvalue weighted by molar-refractivity contribution is 5.96. The molecule has 2 atom stereocenters. The van der Waals surface area contributed by atoms with Crippen LogP contribution in [-0.2, 0) is 18.4 Å². The van der Waals surface area contributed by atoms with Crippen molar-refractivity contribution in [1.82, 2.24) is 24.6 Å². The fraction of sp³-hybridized carbons (Fsp3) is 0.457. The number of ether oxygens (including phenoxy) is 2. The lowest BCUT2D eigenvalue weighted by molar-refractivity contribution is 0.00145. The number of hydrogen-bond donors (Lipinski definition) is 1. The van der Waals surface area contributed by atoms with Crippen LogP contribution in [0.25, 0.3) is 22.2 Å². The van der Waals surface area contributed by atoms with E-state index in [9.17, 15) is 9.59 Å². The zero-order chi connectivity index (χ0) is 32.4. The van der Waals surface area contributed by atoms with Crippen molar-refractivity contribution in [2.45, 2.75) is 45.6 Å². The molecule has 2 aromatic carbocycles. The zero-order valence-electron chi connectivity index (χ0n) is 27.0. The van der Waals surface area contributed by atoms with E-state index in [-0.39, 0.29) is 18.0 Å². The van der Waals surface area contributed by atoms with Crippen molar-refractivity contribution < 1.29 is 18.7 Å². The lowest BCUT2D eigenvalue weighted by Gasteiger charge is -2.40. The van der Waals surface area contributed by atoms with Gasteiger partial charge in [-0.25, -0.2) is 9.18 Å². The first kappa shape index (κ1) is 31.6. The number of alkyl halides is 1. The number of pyridine rings is 1. The molecular formula is C35H43FN6O4. The van der Waals surface area contributed by atoms with E-state index in [1.165, 1.54) is 11.0 Å². The predicted molar refractivity (Wildman–Crippen MR) is 177 cm³/mol. The topological polar surface area (TPSA) is 95.9 Å². The summed E-state index contributed by atoms with van der Waals surface area (Å²) in [6.07, 6.45) is -0.864. The van der Waals surface area contributed by atoms with Gasteiger partial charge in [0, 0.05) is 69.4 Å². The van der Waals surface area contributed by atoms with E-state index in [1.54, 1.807) is 6.07 Å². The number of carbonyl (C=O) groups is 1. The van der Waals surface area contributed by atoms with Crippen LogP contribution in [0.5, 0.6) is 5.88 Å². The molecule has 244 valence electrons. The second-order valence-corrected chi connectivity index (χ2v) is 13.3. The van der Waals surface area contributed by atoms with Gasteiger partial charge in [-0.15, -0.1) is 0 Å². The number of nitrogens with zero attached hydrogens (tertiary/aromatic N) is 5. The largest absolute Gasteiger partial charge is 0.474 e. The lowest BCUT2D eigenvalue weighted by atomic mass is 9.94. The molecule has 1 N–H and O–H groups in total. The Morgan fingerprint density at radius 1 is 1.02 bits per heavy atom. The number of aromatic amines is 1. The van der Waals surface area contributed by atoms with Crippen molar-refractivity contribution in [2.24, 2.45) is 13.0 Å². The molecule has 2 aliphatic rings. The summed E-state index contributed by atoms with van der Waals surface area (Å²) < 4.78 is 28.5. The molecule has 2 aromatic heterocycles. The molecule has 11 heteroatoms. The molecule has 0 saturated carbocycles. The van der Waals surface area contributed by atoms with Gasteiger partial charge in [-0.05, 0) is 57.0 Å². The fourth-order valence-electron chi connectivity index (χ4n) is 6.30. The van der Waals surface area contributed by atoms with Crippen LogP contribution in [0.3, 0.4) is 0 Å². The summed E-state index contributed by atoms with van der Waals surface area (Å²) in [5.74, 6) is 0.298. The van der Waals surface area contributed by atoms with E-state index >= 15 is 4.39 Å². The SMILES string of the molecule is Cn1nc(-c2ccc(=O)[nH]c2OCc2ccccc2)c2ccc(N3CCN(CC4CCN(C(=O)OC(C)(C)C)CC4F)CC3)cc21. The second-order valence-electron chi connectivity index (χ2n) is 13.3. The number of hydrogen-bond acceptors (Lipinski definition) is 7. The van der Waals surface area contributed by atoms with Gasteiger partial charge in [0.1, 0.15) is 24.1 Å². The molecule has 0 aliphatic carbocycles. The smallest absolute Gasteiger partial charge is 0.410 e. The molecule has 46 heavy (non-hydrogen) atoms. The molecule has 6 rings (SSSR count). The van der Waals surface area contributed by atoms with E-state index in [1.807, 2.05) is 62.8 Å². The number of aromatic nitrogens is 3. The number of H-pyrrole nitrogens is 1. The maximum Gasteiger partial charge on any atom is 0.410 e. The van der Waals surface area contributed by atoms with Crippen LogP contribution in [0.15, 0.2) is 65.5 Å². The molecule has 0 radical (unpaired) electrons. The zero-order valence-corrected chi connectivity index (χ0v) is 27.0. The highest BCUT2D eigenvalue weighted by atomic mass is 19.1. The van der Waals surface area contributed by atoms with Crippen LogP contribution in [0.4, 0.5) is 14.9 Å². The van der Waals surface area contributed by atoms with Gasteiger partial charge >= 0.3 is 6.09 Å². The molecule has 1 amide bonds. The predicted octanol–water partition coefficient (Wildman–Crippen LogP) is 5.22. The number of likely N-dealkylation sites (tertiary alicyclic amines) is 1. The van der Waals surface area contributed by atoms with E-state index in [2.05, 4.69) is 33.0 Å². The molecule has 10 nitrogen and oxygen atoms in total. The number of carbonyl (C=O) groups excluding carboxylic acids is 1. The third kappa shape index (κ3) is 7.20. The summed E-state index contributed by atoms with van der Waals surface area (Å²) >= 11 is 0. The van der Waals surface area contributed by atoms with Gasteiger partial charge in [0.05, 0.1) is 17.6 Å². The first-order chi connectivity index (χ1) is 22.0. The minimum atomic E-state index is -1.06. The Hall–Kier alpha value is -4.38. The summed E-state index contributed by atoms with van der Waals surface area (Å²) in [5.41, 5.74) is 3.74. The van der Waals surface area contributed by atoms with Crippen LogP contribution in [0.1, 0.15) is 32.8 Å². The molecule has 2 fully saturated rings. The van der Waals surface area contributed by atoms with Gasteiger partial charge in [0.25, 0.3) is 5.56 Å². The van der Waals surface area contributed by atoms with Crippen molar-refractivity contribution in [3.8, 4) is 17.1 Å². The van der Waals surface area contributed by atoms with Gasteiger partial charge in [-0.3, -0.25) is 19.4 Å². The number of fused-ring (bicyclic) bond motifs is 1. The first-order valence-electron chi connectivity index (χ1n) is 16.0. The van der Waals surface area contributed by atoms with Crippen molar-refractivity contribution in [1.29, 1.82) is 0 Å². The van der Waals surface area contributed by atoms with E-state index < -0.39 is 17.9 Å². The summed E-state index contributed by atoms with van der Waals surface area (Å²) in [6, 6.07) is 19.4. The van der Waals surface area contributed by atoms with Gasteiger partial charge in [-0.2, -0.15) is 5.10 Å². The van der Waals surface area contributed by atoms with Crippen LogP contribution in [-0.4, -0.2) is 88.2 Å². The molecule has 4 heterocycles. The number of amides is 1. The Balaban J connectivity index is 1.09. The van der Waals surface area contributed by atoms with Gasteiger partial charge < -0.3 is 19.3 Å².